The molecule has 2 aromatic heterocycles. The molecule has 2 heterocycles. The van der Waals surface area contributed by atoms with Crippen molar-refractivity contribution in [3.8, 4) is 5.13 Å². The second kappa shape index (κ2) is 5.30. The average molecular weight is 285 g/mol. The first-order valence-corrected chi connectivity index (χ1v) is 6.83. The summed E-state index contributed by atoms with van der Waals surface area (Å²) >= 11 is 1.41. The highest BCUT2D eigenvalue weighted by molar-refractivity contribution is 7.13. The topological polar surface area (TPSA) is 73.6 Å². The molecule has 1 aromatic carbocycles. The summed E-state index contributed by atoms with van der Waals surface area (Å²) in [5, 5.41) is 17.4. The second-order valence-electron chi connectivity index (χ2n) is 4.22. The van der Waals surface area contributed by atoms with Crippen molar-refractivity contribution in [2.24, 2.45) is 0 Å². The number of aryl methyl sites for hydroxylation is 1. The Balaban J connectivity index is 2.04. The molecule has 0 aliphatic rings. The van der Waals surface area contributed by atoms with Gasteiger partial charge in [-0.1, -0.05) is 46.9 Å². The number of hydrogen-bond acceptors (Lipinski definition) is 6. The standard InChI is InChI=1S/C13H11N5OS/c1-9-14-16-13(20-9)18-12(11(8-19)15-17-18)7-10-5-3-2-4-6-10/h2-6,8H,7H2,1H3. The minimum Gasteiger partial charge on any atom is -0.296 e. The van der Waals surface area contributed by atoms with Crippen LogP contribution in [0.1, 0.15) is 26.8 Å². The Hall–Kier alpha value is -2.41. The molecular formula is C13H11N5OS. The largest absolute Gasteiger partial charge is 0.296 e. The van der Waals surface area contributed by atoms with Crippen LogP contribution >= 0.6 is 11.3 Å². The lowest BCUT2D eigenvalue weighted by Gasteiger charge is -2.03. The van der Waals surface area contributed by atoms with E-state index in [2.05, 4.69) is 20.5 Å². The van der Waals surface area contributed by atoms with Crippen LogP contribution in [0.5, 0.6) is 0 Å². The normalized spacial score (nSPS) is 10.7. The van der Waals surface area contributed by atoms with Crippen molar-refractivity contribution in [3.63, 3.8) is 0 Å². The molecule has 6 nitrogen and oxygen atoms in total. The van der Waals surface area contributed by atoms with Gasteiger partial charge in [0.25, 0.3) is 0 Å². The molecule has 0 amide bonds. The zero-order valence-corrected chi connectivity index (χ0v) is 11.5. The molecule has 0 fully saturated rings. The molecular weight excluding hydrogens is 274 g/mol. The highest BCUT2D eigenvalue weighted by Gasteiger charge is 2.16. The fourth-order valence-corrected chi connectivity index (χ4v) is 2.55. The summed E-state index contributed by atoms with van der Waals surface area (Å²) in [6, 6.07) is 9.86. The number of rotatable bonds is 4. The number of carbonyl (C=O) groups is 1. The first-order chi connectivity index (χ1) is 9.78. The van der Waals surface area contributed by atoms with Gasteiger partial charge in [0.2, 0.25) is 5.13 Å². The summed E-state index contributed by atoms with van der Waals surface area (Å²) in [4.78, 5) is 11.1. The van der Waals surface area contributed by atoms with Crippen molar-refractivity contribution < 1.29 is 4.79 Å². The quantitative estimate of drug-likeness (QED) is 0.684. The Morgan fingerprint density at radius 2 is 2.00 bits per heavy atom. The lowest BCUT2D eigenvalue weighted by Crippen LogP contribution is -2.04. The van der Waals surface area contributed by atoms with Crippen LogP contribution in [0.3, 0.4) is 0 Å². The summed E-state index contributed by atoms with van der Waals surface area (Å²) < 4.78 is 1.58. The smallest absolute Gasteiger partial charge is 0.234 e. The van der Waals surface area contributed by atoms with Gasteiger partial charge in [0.1, 0.15) is 10.7 Å². The summed E-state index contributed by atoms with van der Waals surface area (Å²) in [5.41, 5.74) is 2.14. The summed E-state index contributed by atoms with van der Waals surface area (Å²) in [6.45, 7) is 1.87. The molecule has 0 bridgehead atoms. The molecule has 0 spiro atoms. The maximum Gasteiger partial charge on any atom is 0.234 e. The predicted octanol–water partition coefficient (Wildman–Crippen LogP) is 1.83. The van der Waals surface area contributed by atoms with Gasteiger partial charge < -0.3 is 0 Å². The summed E-state index contributed by atoms with van der Waals surface area (Å²) in [5.74, 6) is 0. The van der Waals surface area contributed by atoms with Crippen LogP contribution in [0, 0.1) is 6.92 Å². The van der Waals surface area contributed by atoms with E-state index in [-0.39, 0.29) is 0 Å². The van der Waals surface area contributed by atoms with Crippen molar-refractivity contribution in [3.05, 3.63) is 52.3 Å². The fourth-order valence-electron chi connectivity index (χ4n) is 1.88. The molecule has 0 saturated heterocycles. The molecule has 100 valence electrons. The first kappa shape index (κ1) is 12.6. The Bertz CT molecular complexity index is 734. The van der Waals surface area contributed by atoms with Gasteiger partial charge in [-0.15, -0.1) is 15.3 Å². The van der Waals surface area contributed by atoms with Crippen LogP contribution in [0.4, 0.5) is 0 Å². The van der Waals surface area contributed by atoms with E-state index in [0.29, 0.717) is 17.2 Å². The number of nitrogens with zero attached hydrogens (tertiary/aromatic N) is 5. The third-order valence-electron chi connectivity index (χ3n) is 2.82. The van der Waals surface area contributed by atoms with Gasteiger partial charge in [-0.3, -0.25) is 4.79 Å². The van der Waals surface area contributed by atoms with Crippen molar-refractivity contribution in [1.82, 2.24) is 25.2 Å². The van der Waals surface area contributed by atoms with Crippen LogP contribution in [0.2, 0.25) is 0 Å². The molecule has 0 unspecified atom stereocenters. The van der Waals surface area contributed by atoms with E-state index in [0.717, 1.165) is 22.6 Å². The molecule has 0 atom stereocenters. The fraction of sp³-hybridized carbons (Fsp3) is 0.154. The molecule has 0 aliphatic carbocycles. The van der Waals surface area contributed by atoms with Crippen LogP contribution < -0.4 is 0 Å². The van der Waals surface area contributed by atoms with E-state index in [9.17, 15) is 4.79 Å². The predicted molar refractivity (Wildman–Crippen MR) is 74.2 cm³/mol. The molecule has 0 saturated carbocycles. The first-order valence-electron chi connectivity index (χ1n) is 6.02. The van der Waals surface area contributed by atoms with Gasteiger partial charge in [0.15, 0.2) is 6.29 Å². The molecule has 0 radical (unpaired) electrons. The minimum absolute atomic E-state index is 0.335. The number of benzene rings is 1. The number of hydrogen-bond donors (Lipinski definition) is 0. The average Bonchev–Trinajstić information content (AvgIpc) is 3.06. The maximum absolute atomic E-state index is 11.1. The van der Waals surface area contributed by atoms with E-state index in [1.54, 1.807) is 4.68 Å². The van der Waals surface area contributed by atoms with Gasteiger partial charge in [-0.2, -0.15) is 4.68 Å². The van der Waals surface area contributed by atoms with Crippen molar-refractivity contribution in [2.45, 2.75) is 13.3 Å². The third-order valence-corrected chi connectivity index (χ3v) is 3.63. The Morgan fingerprint density at radius 3 is 2.65 bits per heavy atom. The van der Waals surface area contributed by atoms with E-state index in [4.69, 9.17) is 0 Å². The van der Waals surface area contributed by atoms with E-state index in [1.165, 1.54) is 11.3 Å². The molecule has 7 heteroatoms. The van der Waals surface area contributed by atoms with Crippen LogP contribution in [-0.4, -0.2) is 31.5 Å². The third kappa shape index (κ3) is 2.35. The highest BCUT2D eigenvalue weighted by Crippen LogP contribution is 2.18. The zero-order valence-electron chi connectivity index (χ0n) is 10.7. The molecule has 3 aromatic rings. The van der Waals surface area contributed by atoms with Crippen LogP contribution in [-0.2, 0) is 6.42 Å². The van der Waals surface area contributed by atoms with Gasteiger partial charge >= 0.3 is 0 Å². The number of aromatic nitrogens is 5. The lowest BCUT2D eigenvalue weighted by molar-refractivity contribution is 0.111. The highest BCUT2D eigenvalue weighted by atomic mass is 32.1. The number of carbonyl (C=O) groups excluding carboxylic acids is 1. The van der Waals surface area contributed by atoms with Gasteiger partial charge in [0.05, 0.1) is 5.69 Å². The van der Waals surface area contributed by atoms with Gasteiger partial charge in [-0.25, -0.2) is 0 Å². The Kier molecular flexibility index (Phi) is 3.34. The maximum atomic E-state index is 11.1. The Morgan fingerprint density at radius 1 is 1.20 bits per heavy atom. The van der Waals surface area contributed by atoms with Crippen LogP contribution in [0.15, 0.2) is 30.3 Å². The zero-order chi connectivity index (χ0) is 13.9. The second-order valence-corrected chi connectivity index (χ2v) is 5.38. The molecule has 3 rings (SSSR count). The van der Waals surface area contributed by atoms with Crippen molar-refractivity contribution in [2.75, 3.05) is 0 Å². The molecule has 0 N–H and O–H groups in total. The van der Waals surface area contributed by atoms with Crippen LogP contribution in [0.25, 0.3) is 5.13 Å². The SMILES string of the molecule is Cc1nnc(-n2nnc(C=O)c2Cc2ccccc2)s1. The number of aldehydes is 1. The summed E-state index contributed by atoms with van der Waals surface area (Å²) in [7, 11) is 0. The molecule has 0 aliphatic heterocycles. The van der Waals surface area contributed by atoms with Gasteiger partial charge in [0, 0.05) is 6.42 Å². The monoisotopic (exact) mass is 285 g/mol. The van der Waals surface area contributed by atoms with E-state index in [1.807, 2.05) is 37.3 Å². The molecule has 20 heavy (non-hydrogen) atoms. The summed E-state index contributed by atoms with van der Waals surface area (Å²) in [6.07, 6.45) is 1.29. The lowest BCUT2D eigenvalue weighted by atomic mass is 10.1. The van der Waals surface area contributed by atoms with E-state index >= 15 is 0 Å². The minimum atomic E-state index is 0.335. The van der Waals surface area contributed by atoms with Crippen molar-refractivity contribution >= 4 is 17.6 Å². The van der Waals surface area contributed by atoms with Crippen molar-refractivity contribution in [1.29, 1.82) is 0 Å². The van der Waals surface area contributed by atoms with Gasteiger partial charge in [-0.05, 0) is 12.5 Å². The Labute approximate surface area is 119 Å². The van der Waals surface area contributed by atoms with E-state index < -0.39 is 0 Å².